The molecule has 0 saturated heterocycles. The molecular formula is C13H13F3N6O2S2. The average molecular weight is 406 g/mol. The minimum Gasteiger partial charge on any atom is -0.367 e. The molecule has 0 amide bonds. The maximum absolute atomic E-state index is 12.8. The minimum absolute atomic E-state index is 0.0350. The van der Waals surface area contributed by atoms with Gasteiger partial charge in [0.05, 0.1) is 0 Å². The van der Waals surface area contributed by atoms with E-state index in [4.69, 9.17) is 0 Å². The number of nitrogens with one attached hydrogen (secondary N) is 2. The van der Waals surface area contributed by atoms with E-state index in [9.17, 15) is 21.6 Å². The van der Waals surface area contributed by atoms with Gasteiger partial charge in [0.2, 0.25) is 10.0 Å². The van der Waals surface area contributed by atoms with E-state index in [0.29, 0.717) is 4.52 Å². The summed E-state index contributed by atoms with van der Waals surface area (Å²) in [5.41, 5.74) is -0.0448. The SMILES string of the molecule is Cc1ccc(S(=O)(=O)NCCNc2ccc3nnc(C(F)(F)F)n3n2)s1. The van der Waals surface area contributed by atoms with Gasteiger partial charge in [-0.3, -0.25) is 0 Å². The number of anilines is 1. The molecule has 13 heteroatoms. The Hall–Kier alpha value is -2.25. The van der Waals surface area contributed by atoms with Gasteiger partial charge in [0.25, 0.3) is 5.82 Å². The Balaban J connectivity index is 1.63. The lowest BCUT2D eigenvalue weighted by molar-refractivity contribution is -0.146. The van der Waals surface area contributed by atoms with E-state index in [2.05, 4.69) is 25.3 Å². The maximum Gasteiger partial charge on any atom is 0.453 e. The third kappa shape index (κ3) is 3.94. The molecule has 0 saturated carbocycles. The van der Waals surface area contributed by atoms with E-state index in [1.807, 2.05) is 0 Å². The Morgan fingerprint density at radius 1 is 1.15 bits per heavy atom. The highest BCUT2D eigenvalue weighted by atomic mass is 32.2. The number of aryl methyl sites for hydroxylation is 1. The molecule has 0 atom stereocenters. The van der Waals surface area contributed by atoms with E-state index in [-0.39, 0.29) is 28.8 Å². The van der Waals surface area contributed by atoms with Crippen LogP contribution in [0, 0.1) is 6.92 Å². The summed E-state index contributed by atoms with van der Waals surface area (Å²) < 4.78 is 65.8. The lowest BCUT2D eigenvalue weighted by Crippen LogP contribution is -2.28. The van der Waals surface area contributed by atoms with Crippen LogP contribution >= 0.6 is 11.3 Å². The zero-order chi connectivity index (χ0) is 18.9. The Morgan fingerprint density at radius 3 is 2.58 bits per heavy atom. The van der Waals surface area contributed by atoms with Gasteiger partial charge in [-0.05, 0) is 31.2 Å². The highest BCUT2D eigenvalue weighted by Crippen LogP contribution is 2.27. The van der Waals surface area contributed by atoms with Gasteiger partial charge in [-0.25, -0.2) is 13.1 Å². The Morgan fingerprint density at radius 2 is 1.92 bits per heavy atom. The van der Waals surface area contributed by atoms with E-state index in [0.717, 1.165) is 16.2 Å². The van der Waals surface area contributed by atoms with Crippen LogP contribution in [0.5, 0.6) is 0 Å². The summed E-state index contributed by atoms with van der Waals surface area (Å²) in [5.74, 6) is -1.10. The van der Waals surface area contributed by atoms with Gasteiger partial charge in [-0.15, -0.1) is 26.6 Å². The first kappa shape index (κ1) is 18.5. The number of sulfonamides is 1. The van der Waals surface area contributed by atoms with E-state index in [1.54, 1.807) is 13.0 Å². The fourth-order valence-electron chi connectivity index (χ4n) is 2.06. The number of rotatable bonds is 6. The van der Waals surface area contributed by atoms with Gasteiger partial charge in [0.15, 0.2) is 5.65 Å². The molecule has 3 aromatic heterocycles. The van der Waals surface area contributed by atoms with Crippen LogP contribution in [0.3, 0.4) is 0 Å². The zero-order valence-electron chi connectivity index (χ0n) is 13.3. The molecule has 140 valence electrons. The van der Waals surface area contributed by atoms with Gasteiger partial charge in [-0.1, -0.05) is 0 Å². The number of thiophene rings is 1. The topological polar surface area (TPSA) is 101 Å². The lowest BCUT2D eigenvalue weighted by Gasteiger charge is -2.08. The molecule has 8 nitrogen and oxygen atoms in total. The van der Waals surface area contributed by atoms with Crippen LogP contribution in [-0.2, 0) is 16.2 Å². The number of nitrogens with zero attached hydrogens (tertiary/aromatic N) is 4. The average Bonchev–Trinajstić information content (AvgIpc) is 3.17. The molecule has 2 N–H and O–H groups in total. The van der Waals surface area contributed by atoms with Gasteiger partial charge in [-0.2, -0.15) is 17.7 Å². The molecule has 26 heavy (non-hydrogen) atoms. The molecule has 0 radical (unpaired) electrons. The number of fused-ring (bicyclic) bond motifs is 1. The molecule has 3 aromatic rings. The van der Waals surface area contributed by atoms with Crippen molar-refractivity contribution in [2.45, 2.75) is 17.3 Å². The van der Waals surface area contributed by atoms with Crippen molar-refractivity contribution >= 4 is 32.8 Å². The van der Waals surface area contributed by atoms with Crippen LogP contribution in [-0.4, -0.2) is 41.3 Å². The molecule has 0 aliphatic heterocycles. The van der Waals surface area contributed by atoms with Crippen molar-refractivity contribution in [1.82, 2.24) is 24.5 Å². The summed E-state index contributed by atoms with van der Waals surface area (Å²) >= 11 is 1.15. The van der Waals surface area contributed by atoms with Crippen molar-refractivity contribution in [1.29, 1.82) is 0 Å². The molecule has 0 aromatic carbocycles. The van der Waals surface area contributed by atoms with Crippen molar-refractivity contribution in [3.63, 3.8) is 0 Å². The zero-order valence-corrected chi connectivity index (χ0v) is 14.9. The molecule has 0 bridgehead atoms. The normalized spacial score (nSPS) is 12.6. The Kier molecular flexibility index (Phi) is 4.86. The highest BCUT2D eigenvalue weighted by molar-refractivity contribution is 7.91. The summed E-state index contributed by atoms with van der Waals surface area (Å²) in [6.07, 6.45) is -4.68. The van der Waals surface area contributed by atoms with E-state index >= 15 is 0 Å². The van der Waals surface area contributed by atoms with Gasteiger partial charge in [0, 0.05) is 18.0 Å². The summed E-state index contributed by atoms with van der Waals surface area (Å²) in [5, 5.41) is 13.0. The van der Waals surface area contributed by atoms with Crippen molar-refractivity contribution in [3.8, 4) is 0 Å². The van der Waals surface area contributed by atoms with Crippen LogP contribution in [0.1, 0.15) is 10.7 Å². The second kappa shape index (κ2) is 6.81. The van der Waals surface area contributed by atoms with Crippen LogP contribution < -0.4 is 10.0 Å². The van der Waals surface area contributed by atoms with Crippen molar-refractivity contribution in [3.05, 3.63) is 35.0 Å². The Bertz CT molecular complexity index is 1030. The molecular weight excluding hydrogens is 393 g/mol. The lowest BCUT2D eigenvalue weighted by atomic mass is 10.5. The second-order valence-corrected chi connectivity index (χ2v) is 8.48. The van der Waals surface area contributed by atoms with Crippen LogP contribution in [0.25, 0.3) is 5.65 Å². The van der Waals surface area contributed by atoms with Gasteiger partial charge < -0.3 is 5.32 Å². The molecule has 0 spiro atoms. The number of hydrogen-bond donors (Lipinski definition) is 2. The first-order chi connectivity index (χ1) is 12.2. The molecule has 0 fully saturated rings. The van der Waals surface area contributed by atoms with E-state index in [1.165, 1.54) is 18.2 Å². The summed E-state index contributed by atoms with van der Waals surface area (Å²) in [4.78, 5) is 0.871. The predicted octanol–water partition coefficient (Wildman–Crippen LogP) is 1.90. The van der Waals surface area contributed by atoms with Gasteiger partial charge in [0.1, 0.15) is 10.0 Å². The second-order valence-electron chi connectivity index (χ2n) is 5.20. The van der Waals surface area contributed by atoms with Gasteiger partial charge >= 0.3 is 6.18 Å². The predicted molar refractivity (Wildman–Crippen MR) is 88.5 cm³/mol. The van der Waals surface area contributed by atoms with Crippen LogP contribution in [0.15, 0.2) is 28.5 Å². The molecule has 0 aliphatic carbocycles. The van der Waals surface area contributed by atoms with Crippen LogP contribution in [0.4, 0.5) is 19.0 Å². The maximum atomic E-state index is 12.8. The monoisotopic (exact) mass is 406 g/mol. The molecule has 3 heterocycles. The third-order valence-corrected chi connectivity index (χ3v) is 6.17. The quantitative estimate of drug-likeness (QED) is 0.607. The van der Waals surface area contributed by atoms with Crippen molar-refractivity contribution in [2.24, 2.45) is 0 Å². The number of aromatic nitrogens is 4. The van der Waals surface area contributed by atoms with Crippen LogP contribution in [0.2, 0.25) is 0 Å². The number of halogens is 3. The Labute approximate surface area is 150 Å². The smallest absolute Gasteiger partial charge is 0.367 e. The standard InChI is InChI=1S/C13H13F3N6O2S2/c1-8-2-5-11(25-8)26(23,24)18-7-6-17-9-3-4-10-19-20-12(13(14,15)16)22(10)21-9/h2-5,18H,6-7H2,1H3,(H,17,21). The first-order valence-corrected chi connectivity index (χ1v) is 9.56. The first-order valence-electron chi connectivity index (χ1n) is 7.26. The summed E-state index contributed by atoms with van der Waals surface area (Å²) in [7, 11) is -3.61. The summed E-state index contributed by atoms with van der Waals surface area (Å²) in [6, 6.07) is 5.97. The highest BCUT2D eigenvalue weighted by Gasteiger charge is 2.37. The van der Waals surface area contributed by atoms with E-state index < -0.39 is 22.0 Å². The fraction of sp³-hybridized carbons (Fsp3) is 0.308. The largest absolute Gasteiger partial charge is 0.453 e. The molecule has 0 unspecified atom stereocenters. The minimum atomic E-state index is -4.68. The summed E-state index contributed by atoms with van der Waals surface area (Å²) in [6.45, 7) is 1.96. The molecule has 0 aliphatic rings. The third-order valence-electron chi connectivity index (χ3n) is 3.22. The number of hydrogen-bond acceptors (Lipinski definition) is 7. The fourth-order valence-corrected chi connectivity index (χ4v) is 4.42. The number of alkyl halides is 3. The van der Waals surface area contributed by atoms with Crippen molar-refractivity contribution < 1.29 is 21.6 Å². The van der Waals surface area contributed by atoms with Crippen molar-refractivity contribution in [2.75, 3.05) is 18.4 Å². The molecule has 3 rings (SSSR count).